The van der Waals surface area contributed by atoms with Crippen molar-refractivity contribution in [2.24, 2.45) is 0 Å². The smallest absolute Gasteiger partial charge is 0.252 e. The number of rotatable bonds is 13. The van der Waals surface area contributed by atoms with Crippen LogP contribution in [0.2, 0.25) is 10.0 Å². The second-order valence-corrected chi connectivity index (χ2v) is 9.62. The Morgan fingerprint density at radius 2 is 1.65 bits per heavy atom. The molecule has 2 heterocycles. The van der Waals surface area contributed by atoms with Crippen LogP contribution in [0.4, 0.5) is 11.8 Å². The lowest BCUT2D eigenvalue weighted by atomic mass is 10.0. The van der Waals surface area contributed by atoms with E-state index < -0.39 is 0 Å². The number of carbonyl (C=O) groups excluding carboxylic acids is 2. The Morgan fingerprint density at radius 1 is 1.02 bits per heavy atom. The van der Waals surface area contributed by atoms with E-state index in [4.69, 9.17) is 32.7 Å². The van der Waals surface area contributed by atoms with Crippen molar-refractivity contribution in [3.05, 3.63) is 41.0 Å². The van der Waals surface area contributed by atoms with Gasteiger partial charge in [0.1, 0.15) is 17.3 Å². The Morgan fingerprint density at radius 3 is 2.20 bits per heavy atom. The fraction of sp³-hybridized carbons (Fsp3) is 0.393. The minimum absolute atomic E-state index is 0.171. The molecule has 0 bridgehead atoms. The summed E-state index contributed by atoms with van der Waals surface area (Å²) in [5.74, 6) is 0.345. The van der Waals surface area contributed by atoms with Crippen LogP contribution in [0.15, 0.2) is 31.0 Å². The number of anilines is 2. The highest BCUT2D eigenvalue weighted by Gasteiger charge is 2.24. The van der Waals surface area contributed by atoms with E-state index >= 15 is 0 Å². The second-order valence-electron chi connectivity index (χ2n) is 8.86. The quantitative estimate of drug-likeness (QED) is 0.202. The van der Waals surface area contributed by atoms with E-state index in [0.29, 0.717) is 34.6 Å². The first-order valence-corrected chi connectivity index (χ1v) is 13.7. The van der Waals surface area contributed by atoms with Crippen molar-refractivity contribution >= 4 is 57.8 Å². The number of unbranched alkanes of at least 4 members (excludes halogenated alkanes) is 1. The maximum absolute atomic E-state index is 12.7. The molecule has 2 amide bonds. The summed E-state index contributed by atoms with van der Waals surface area (Å²) in [7, 11) is 2.95. The molecule has 0 saturated heterocycles. The lowest BCUT2D eigenvalue weighted by Crippen LogP contribution is -2.32. The van der Waals surface area contributed by atoms with Crippen molar-refractivity contribution in [1.29, 1.82) is 0 Å². The molecule has 0 fully saturated rings. The number of ether oxygens (including phenoxy) is 2. The van der Waals surface area contributed by atoms with Crippen molar-refractivity contribution < 1.29 is 19.1 Å². The highest BCUT2D eigenvalue weighted by Crippen LogP contribution is 2.48. The summed E-state index contributed by atoms with van der Waals surface area (Å²) >= 11 is 13.3. The number of nitrogens with zero attached hydrogens (tertiary/aromatic N) is 5. The van der Waals surface area contributed by atoms with E-state index in [1.807, 2.05) is 0 Å². The average molecular weight is 590 g/mol. The van der Waals surface area contributed by atoms with Gasteiger partial charge in [-0.1, -0.05) is 43.6 Å². The van der Waals surface area contributed by atoms with E-state index in [0.717, 1.165) is 32.5 Å². The number of halogens is 2. The molecule has 0 aliphatic heterocycles. The highest BCUT2D eigenvalue weighted by atomic mass is 35.5. The predicted molar refractivity (Wildman–Crippen MR) is 160 cm³/mol. The van der Waals surface area contributed by atoms with Crippen molar-refractivity contribution in [2.45, 2.75) is 33.6 Å². The van der Waals surface area contributed by atoms with Crippen LogP contribution < -0.4 is 19.7 Å². The monoisotopic (exact) mass is 588 g/mol. The summed E-state index contributed by atoms with van der Waals surface area (Å²) in [5.41, 5.74) is 1.05. The molecule has 12 heteroatoms. The van der Waals surface area contributed by atoms with Gasteiger partial charge in [0.2, 0.25) is 11.9 Å². The zero-order chi connectivity index (χ0) is 29.4. The predicted octanol–water partition coefficient (Wildman–Crippen LogP) is 5.62. The molecule has 0 aliphatic rings. The number of methoxy groups -OCH3 is 2. The van der Waals surface area contributed by atoms with Crippen LogP contribution in [-0.2, 0) is 9.59 Å². The Bertz CT molecular complexity index is 1370. The zero-order valence-corrected chi connectivity index (χ0v) is 24.9. The summed E-state index contributed by atoms with van der Waals surface area (Å²) in [6.45, 7) is 12.5. The molecule has 2 aromatic heterocycles. The largest absolute Gasteiger partial charge is 0.495 e. The molecule has 0 atom stereocenters. The summed E-state index contributed by atoms with van der Waals surface area (Å²) in [6, 6.07) is 3.29. The number of hydrogen-bond acceptors (Lipinski definition) is 8. The molecule has 3 rings (SSSR count). The standard InChI is InChI=1S/C28H34Cl2N6O4/c1-7-22(38)36(13-11-10-12-35(8-2)9-3)28-31-16-18-14-19(27(32-17(4)37)33-26(18)34-28)23-24(29)20(39-5)15-21(40-6)25(23)30/h7,14-16H,1,8-13H2,2-6H3,(H,31,32,33,34,37). The summed E-state index contributed by atoms with van der Waals surface area (Å²) in [5, 5.41) is 3.69. The zero-order valence-electron chi connectivity index (χ0n) is 23.4. The molecule has 0 saturated carbocycles. The van der Waals surface area contributed by atoms with Gasteiger partial charge in [-0.05, 0) is 44.6 Å². The lowest BCUT2D eigenvalue weighted by Gasteiger charge is -2.21. The molecule has 1 aromatic carbocycles. The van der Waals surface area contributed by atoms with Gasteiger partial charge in [0, 0.05) is 42.2 Å². The van der Waals surface area contributed by atoms with Gasteiger partial charge in [-0.3, -0.25) is 14.5 Å². The maximum atomic E-state index is 12.7. The van der Waals surface area contributed by atoms with Crippen molar-refractivity contribution in [3.63, 3.8) is 0 Å². The van der Waals surface area contributed by atoms with Crippen LogP contribution >= 0.6 is 23.2 Å². The normalized spacial score (nSPS) is 11.0. The molecule has 3 aromatic rings. The van der Waals surface area contributed by atoms with Crippen molar-refractivity contribution in [1.82, 2.24) is 19.9 Å². The third kappa shape index (κ3) is 6.99. The highest BCUT2D eigenvalue weighted by molar-refractivity contribution is 6.41. The van der Waals surface area contributed by atoms with Crippen LogP contribution in [0.3, 0.4) is 0 Å². The molecule has 0 radical (unpaired) electrons. The number of hydrogen-bond donors (Lipinski definition) is 1. The van der Waals surface area contributed by atoms with E-state index in [-0.39, 0.29) is 39.3 Å². The Labute approximate surface area is 244 Å². The molecule has 1 N–H and O–H groups in total. The van der Waals surface area contributed by atoms with E-state index in [1.54, 1.807) is 18.3 Å². The summed E-state index contributed by atoms with van der Waals surface area (Å²) < 4.78 is 10.8. The molecule has 0 spiro atoms. The van der Waals surface area contributed by atoms with Gasteiger partial charge in [0.25, 0.3) is 5.91 Å². The number of carbonyl (C=O) groups is 2. The van der Waals surface area contributed by atoms with Crippen LogP contribution in [0, 0.1) is 0 Å². The van der Waals surface area contributed by atoms with E-state index in [1.165, 1.54) is 32.1 Å². The van der Waals surface area contributed by atoms with Crippen LogP contribution in [0.1, 0.15) is 33.6 Å². The number of fused-ring (bicyclic) bond motifs is 1. The van der Waals surface area contributed by atoms with Crippen LogP contribution in [0.5, 0.6) is 11.5 Å². The van der Waals surface area contributed by atoms with Gasteiger partial charge >= 0.3 is 0 Å². The molecule has 214 valence electrons. The van der Waals surface area contributed by atoms with E-state index in [2.05, 4.69) is 45.6 Å². The summed E-state index contributed by atoms with van der Waals surface area (Å²) in [4.78, 5) is 42.3. The number of pyridine rings is 1. The Kier molecular flexibility index (Phi) is 11.1. The van der Waals surface area contributed by atoms with Gasteiger partial charge in [-0.15, -0.1) is 0 Å². The average Bonchev–Trinajstić information content (AvgIpc) is 2.94. The van der Waals surface area contributed by atoms with Crippen LogP contribution in [0.25, 0.3) is 22.2 Å². The molecule has 40 heavy (non-hydrogen) atoms. The van der Waals surface area contributed by atoms with Gasteiger partial charge in [0.15, 0.2) is 5.65 Å². The van der Waals surface area contributed by atoms with Gasteiger partial charge < -0.3 is 19.7 Å². The van der Waals surface area contributed by atoms with Crippen molar-refractivity contribution in [3.8, 4) is 22.6 Å². The molecule has 0 aliphatic carbocycles. The molecule has 10 nitrogen and oxygen atoms in total. The van der Waals surface area contributed by atoms with Crippen LogP contribution in [-0.4, -0.2) is 72.1 Å². The number of amides is 2. The van der Waals surface area contributed by atoms with Gasteiger partial charge in [0.05, 0.1) is 24.3 Å². The van der Waals surface area contributed by atoms with E-state index in [9.17, 15) is 9.59 Å². The first kappa shape index (κ1) is 31.1. The minimum atomic E-state index is -0.360. The topological polar surface area (TPSA) is 110 Å². The van der Waals surface area contributed by atoms with Gasteiger partial charge in [-0.2, -0.15) is 4.98 Å². The summed E-state index contributed by atoms with van der Waals surface area (Å²) in [6.07, 6.45) is 4.47. The first-order valence-electron chi connectivity index (χ1n) is 12.9. The molecule has 0 unspecified atom stereocenters. The van der Waals surface area contributed by atoms with Crippen molar-refractivity contribution in [2.75, 3.05) is 50.6 Å². The maximum Gasteiger partial charge on any atom is 0.252 e. The lowest BCUT2D eigenvalue weighted by molar-refractivity contribution is -0.115. The third-order valence-corrected chi connectivity index (χ3v) is 7.13. The third-order valence-electron chi connectivity index (χ3n) is 6.38. The number of aromatic nitrogens is 3. The van der Waals surface area contributed by atoms with Gasteiger partial charge in [-0.25, -0.2) is 9.97 Å². The molecular formula is C28H34Cl2N6O4. The first-order chi connectivity index (χ1) is 19.2. The SMILES string of the molecule is C=CC(=O)N(CCCCN(CC)CC)c1ncc2cc(-c3c(Cl)c(OC)cc(OC)c3Cl)c(NC(C)=O)nc2n1. The Hall–Kier alpha value is -3.47. The Balaban J connectivity index is 2.09. The minimum Gasteiger partial charge on any atom is -0.495 e. The fourth-order valence-corrected chi connectivity index (χ4v) is 4.93. The fourth-order valence-electron chi connectivity index (χ4n) is 4.22. The number of nitrogens with one attached hydrogen (secondary N) is 1. The number of benzene rings is 1. The molecular weight excluding hydrogens is 555 g/mol. The second kappa shape index (κ2) is 14.2.